The zero-order valence-corrected chi connectivity index (χ0v) is 30.2. The van der Waals surface area contributed by atoms with Crippen LogP contribution >= 0.6 is 23.4 Å². The number of hydrogen-bond acceptors (Lipinski definition) is 8. The number of aliphatic imine (C=N–C) groups is 1. The summed E-state index contributed by atoms with van der Waals surface area (Å²) in [6, 6.07) is 3.18. The summed E-state index contributed by atoms with van der Waals surface area (Å²) < 4.78 is 41.5. The Balaban J connectivity index is 0.000000419. The van der Waals surface area contributed by atoms with E-state index in [9.17, 15) is 27.6 Å². The number of nitrogens with zero attached hydrogens (tertiary/aromatic N) is 4. The summed E-state index contributed by atoms with van der Waals surface area (Å²) in [5.41, 5.74) is 3.03. The van der Waals surface area contributed by atoms with Crippen molar-refractivity contribution in [2.24, 2.45) is 4.99 Å². The lowest BCUT2D eigenvalue weighted by Crippen LogP contribution is -2.53. The molecule has 2 fully saturated rings. The number of piperazine rings is 1. The summed E-state index contributed by atoms with van der Waals surface area (Å²) in [5, 5.41) is 5.99. The van der Waals surface area contributed by atoms with Gasteiger partial charge in [-0.25, -0.2) is 4.99 Å². The quantitative estimate of drug-likeness (QED) is 0.125. The minimum atomic E-state index is -4.34. The molecule has 0 atom stereocenters. The monoisotopic (exact) mass is 726 g/mol. The molecular formula is C34H46ClF3N6O4S. The van der Waals surface area contributed by atoms with Gasteiger partial charge in [0.15, 0.2) is 0 Å². The van der Waals surface area contributed by atoms with Crippen LogP contribution in [0.4, 0.5) is 18.9 Å². The number of rotatable bonds is 12. The van der Waals surface area contributed by atoms with Crippen molar-refractivity contribution < 1.29 is 32.3 Å². The third-order valence-corrected chi connectivity index (χ3v) is 10.2. The number of ether oxygens (including phenoxy) is 1. The number of likely N-dealkylation sites (N-methyl/N-ethyl adjacent to an activating group) is 1. The number of hydrogen-bond donors (Lipinski definition) is 2. The molecule has 0 aromatic heterocycles. The van der Waals surface area contributed by atoms with E-state index in [0.717, 1.165) is 54.6 Å². The van der Waals surface area contributed by atoms with Crippen LogP contribution in [0.25, 0.3) is 0 Å². The fourth-order valence-electron chi connectivity index (χ4n) is 5.39. The van der Waals surface area contributed by atoms with Gasteiger partial charge in [0.05, 0.1) is 52.8 Å². The van der Waals surface area contributed by atoms with E-state index in [1.165, 1.54) is 11.0 Å². The topological polar surface area (TPSA) is 107 Å². The predicted molar refractivity (Wildman–Crippen MR) is 190 cm³/mol. The molecule has 2 aliphatic heterocycles. The molecule has 2 amide bonds. The zero-order chi connectivity index (χ0) is 36.2. The van der Waals surface area contributed by atoms with Crippen LogP contribution in [0.1, 0.15) is 45.1 Å². The maximum atomic E-state index is 13.4. The molecule has 270 valence electrons. The molecule has 1 aromatic carbocycles. The number of amides is 2. The van der Waals surface area contributed by atoms with Gasteiger partial charge in [0, 0.05) is 46.0 Å². The predicted octanol–water partition coefficient (Wildman–Crippen LogP) is 5.57. The van der Waals surface area contributed by atoms with Gasteiger partial charge in [-0.05, 0) is 62.6 Å². The maximum Gasteiger partial charge on any atom is 0.416 e. The number of carbonyl (C=O) groups excluding carboxylic acids is 3. The molecule has 1 saturated carbocycles. The highest BCUT2D eigenvalue weighted by atomic mass is 35.5. The van der Waals surface area contributed by atoms with E-state index in [0.29, 0.717) is 57.2 Å². The first-order chi connectivity index (χ1) is 23.3. The minimum absolute atomic E-state index is 0.0149. The molecule has 3 aliphatic rings. The third kappa shape index (κ3) is 10.7. The third-order valence-electron chi connectivity index (χ3n) is 8.48. The Morgan fingerprint density at radius 1 is 1.18 bits per heavy atom. The summed E-state index contributed by atoms with van der Waals surface area (Å²) >= 11 is 7.22. The molecule has 49 heavy (non-hydrogen) atoms. The number of halogens is 4. The first-order valence-electron chi connectivity index (χ1n) is 16.1. The van der Waals surface area contributed by atoms with Gasteiger partial charge in [0.25, 0.3) is 5.91 Å². The van der Waals surface area contributed by atoms with Crippen molar-refractivity contribution in [3.05, 3.63) is 63.6 Å². The summed E-state index contributed by atoms with van der Waals surface area (Å²) in [4.78, 5) is 47.5. The van der Waals surface area contributed by atoms with E-state index < -0.39 is 11.7 Å². The van der Waals surface area contributed by atoms with Gasteiger partial charge >= 0.3 is 6.18 Å². The van der Waals surface area contributed by atoms with Crippen molar-refractivity contribution in [3.63, 3.8) is 0 Å². The average molecular weight is 727 g/mol. The van der Waals surface area contributed by atoms with Crippen LogP contribution in [0.3, 0.4) is 0 Å². The summed E-state index contributed by atoms with van der Waals surface area (Å²) in [6.07, 6.45) is 7.30. The molecule has 0 bridgehead atoms. The lowest BCUT2D eigenvalue weighted by atomic mass is 10.1. The number of nitrogens with one attached hydrogen (secondary N) is 2. The van der Waals surface area contributed by atoms with E-state index in [2.05, 4.69) is 15.6 Å². The van der Waals surface area contributed by atoms with Crippen molar-refractivity contribution in [3.8, 4) is 0 Å². The van der Waals surface area contributed by atoms with Crippen LogP contribution in [0, 0.1) is 0 Å². The van der Waals surface area contributed by atoms with Crippen molar-refractivity contribution in [1.29, 1.82) is 0 Å². The molecule has 1 saturated heterocycles. The molecule has 2 heterocycles. The lowest BCUT2D eigenvalue weighted by molar-refractivity contribution is -0.137. The highest BCUT2D eigenvalue weighted by molar-refractivity contribution is 8.01. The van der Waals surface area contributed by atoms with Gasteiger partial charge < -0.3 is 34.9 Å². The summed E-state index contributed by atoms with van der Waals surface area (Å²) in [5.74, 6) is -0.00681. The van der Waals surface area contributed by atoms with Crippen molar-refractivity contribution in [1.82, 2.24) is 20.0 Å². The fraction of sp³-hybridized carbons (Fsp3) is 0.529. The second-order valence-corrected chi connectivity index (χ2v) is 13.2. The Kier molecular flexibility index (Phi) is 15.1. The first kappa shape index (κ1) is 39.9. The van der Waals surface area contributed by atoms with Gasteiger partial charge in [0.1, 0.15) is 12.0 Å². The van der Waals surface area contributed by atoms with Crippen LogP contribution in [0.2, 0.25) is 5.02 Å². The highest BCUT2D eigenvalue weighted by Gasteiger charge is 2.51. The van der Waals surface area contributed by atoms with Gasteiger partial charge in [-0.3, -0.25) is 9.59 Å². The Hall–Kier alpha value is -3.49. The molecule has 15 heteroatoms. The molecule has 0 unspecified atom stereocenters. The summed E-state index contributed by atoms with van der Waals surface area (Å²) in [6.45, 7) is 7.47. The molecule has 0 spiro atoms. The van der Waals surface area contributed by atoms with Crippen LogP contribution in [-0.4, -0.2) is 110 Å². The lowest BCUT2D eigenvalue weighted by Gasteiger charge is -2.39. The molecule has 2 N–H and O–H groups in total. The number of alkyl halides is 3. The number of carbonyl (C=O) groups is 3. The average Bonchev–Trinajstić information content (AvgIpc) is 3.91. The molecule has 10 nitrogen and oxygen atoms in total. The molecule has 0 radical (unpaired) electrons. The standard InChI is InChI=1S/C26H39N5O4S.C8H7ClF3N/c1-5-21(20-7-17-35-18-8-20)27-19-28-22(6-2)23(24(33)29(3)15-16-32)30-11-13-31(14-12-30)25(34)26(36-4)9-10-26;1-13-7-3-2-5(4-6(7)9)8(10,11)12/h5,7,16,19H,6,8-15,17-18H2,1-4H3,(H,27,28);2-4,13H,1H3/b21-5?,23-22+;. The van der Waals surface area contributed by atoms with Crippen molar-refractivity contribution >= 4 is 53.5 Å². The smallest absolute Gasteiger partial charge is 0.387 e. The SMILES string of the molecule is CC=C(N=CN/C(CC)=C(\C(=O)N(C)CC=O)N1CCN(C(=O)C2(SC)CC2)CC1)C1=CCOCC1.CNc1ccc(C(F)(F)F)cc1Cl. The van der Waals surface area contributed by atoms with E-state index >= 15 is 0 Å². The first-order valence-corrected chi connectivity index (χ1v) is 17.7. The summed E-state index contributed by atoms with van der Waals surface area (Å²) in [7, 11) is 3.22. The fourth-order valence-corrected chi connectivity index (χ4v) is 6.47. The molecular weight excluding hydrogens is 681 g/mol. The van der Waals surface area contributed by atoms with Gasteiger partial charge in [-0.1, -0.05) is 30.7 Å². The number of benzene rings is 1. The number of anilines is 1. The highest BCUT2D eigenvalue weighted by Crippen LogP contribution is 2.48. The zero-order valence-electron chi connectivity index (χ0n) is 28.7. The Bertz CT molecular complexity index is 1450. The number of aldehydes is 1. The molecule has 4 rings (SSSR count). The van der Waals surface area contributed by atoms with Crippen molar-refractivity contribution in [2.45, 2.75) is 50.5 Å². The van der Waals surface area contributed by atoms with E-state index in [4.69, 9.17) is 16.3 Å². The number of allylic oxidation sites excluding steroid dienone is 3. The Labute approximate surface area is 295 Å². The van der Waals surface area contributed by atoms with Gasteiger partial charge in [-0.2, -0.15) is 13.2 Å². The van der Waals surface area contributed by atoms with Gasteiger partial charge in [-0.15, -0.1) is 11.8 Å². The van der Waals surface area contributed by atoms with E-state index in [1.54, 1.807) is 32.2 Å². The van der Waals surface area contributed by atoms with Crippen LogP contribution in [0.15, 0.2) is 58.0 Å². The largest absolute Gasteiger partial charge is 0.416 e. The number of thioether (sulfide) groups is 1. The Morgan fingerprint density at radius 2 is 1.86 bits per heavy atom. The van der Waals surface area contributed by atoms with E-state index in [1.807, 2.05) is 42.1 Å². The van der Waals surface area contributed by atoms with Crippen LogP contribution < -0.4 is 10.6 Å². The second-order valence-electron chi connectivity index (χ2n) is 11.6. The Morgan fingerprint density at radius 3 is 2.35 bits per heavy atom. The second kappa shape index (κ2) is 18.5. The molecule has 1 aromatic rings. The normalized spacial score (nSPS) is 18.1. The van der Waals surface area contributed by atoms with Crippen LogP contribution in [0.5, 0.6) is 0 Å². The maximum absolute atomic E-state index is 13.4. The van der Waals surface area contributed by atoms with Crippen molar-refractivity contribution in [2.75, 3.05) is 71.6 Å². The minimum Gasteiger partial charge on any atom is -0.387 e. The van der Waals surface area contributed by atoms with E-state index in [-0.39, 0.29) is 28.1 Å². The van der Waals surface area contributed by atoms with Crippen LogP contribution in [-0.2, 0) is 25.3 Å². The molecule has 1 aliphatic carbocycles. The van der Waals surface area contributed by atoms with Gasteiger partial charge in [0.2, 0.25) is 5.91 Å².